The van der Waals surface area contributed by atoms with E-state index in [1.54, 1.807) is 13.0 Å². The van der Waals surface area contributed by atoms with E-state index in [1.165, 1.54) is 0 Å². The van der Waals surface area contributed by atoms with Crippen molar-refractivity contribution in [3.05, 3.63) is 15.8 Å². The molecule has 3 N–H and O–H groups in total. The molecule has 2 rings (SSSR count). The summed E-state index contributed by atoms with van der Waals surface area (Å²) in [6.07, 6.45) is 1.85. The van der Waals surface area contributed by atoms with Gasteiger partial charge in [0.15, 0.2) is 11.5 Å². The first-order chi connectivity index (χ1) is 9.45. The normalized spacial score (nSPS) is 13.7. The van der Waals surface area contributed by atoms with Crippen molar-refractivity contribution >= 4 is 29.2 Å². The Balaban J connectivity index is 1.83. The predicted molar refractivity (Wildman–Crippen MR) is 71.2 cm³/mol. The molecule has 0 aliphatic heterocycles. The highest BCUT2D eigenvalue weighted by Gasteiger charge is 2.24. The Kier molecular flexibility index (Phi) is 4.23. The number of nitrogens with one attached hydrogen (secondary N) is 2. The second-order valence-electron chi connectivity index (χ2n) is 4.44. The number of thiophene rings is 1. The Bertz CT molecular complexity index is 550. The van der Waals surface area contributed by atoms with Crippen molar-refractivity contribution in [2.24, 2.45) is 0 Å². The van der Waals surface area contributed by atoms with Gasteiger partial charge in [-0.05, 0) is 25.8 Å². The number of aryl methyl sites for hydroxylation is 1. The van der Waals surface area contributed by atoms with Gasteiger partial charge in [0.25, 0.3) is 5.91 Å². The lowest BCUT2D eigenvalue weighted by atomic mass is 10.4. The van der Waals surface area contributed by atoms with Crippen LogP contribution in [0.5, 0.6) is 5.75 Å². The third kappa shape index (κ3) is 3.95. The number of rotatable bonds is 5. The summed E-state index contributed by atoms with van der Waals surface area (Å²) in [6.45, 7) is 1.33. The van der Waals surface area contributed by atoms with Crippen molar-refractivity contribution in [2.75, 3.05) is 6.61 Å². The van der Waals surface area contributed by atoms with Crippen LogP contribution in [0.1, 0.15) is 27.4 Å². The van der Waals surface area contributed by atoms with Gasteiger partial charge in [0, 0.05) is 10.9 Å². The van der Waals surface area contributed by atoms with E-state index in [4.69, 9.17) is 9.84 Å². The molecule has 0 radical (unpaired) electrons. The monoisotopic (exact) mass is 298 g/mol. The number of carbonyl (C=O) groups is 3. The second-order valence-corrected chi connectivity index (χ2v) is 5.70. The molecule has 1 saturated carbocycles. The molecule has 7 nitrogen and oxygen atoms in total. The van der Waals surface area contributed by atoms with E-state index >= 15 is 0 Å². The van der Waals surface area contributed by atoms with Crippen LogP contribution < -0.4 is 15.4 Å². The zero-order valence-corrected chi connectivity index (χ0v) is 11.6. The van der Waals surface area contributed by atoms with E-state index in [-0.39, 0.29) is 16.7 Å². The molecule has 1 aliphatic carbocycles. The van der Waals surface area contributed by atoms with Crippen molar-refractivity contribution in [1.29, 1.82) is 0 Å². The molecule has 108 valence electrons. The Morgan fingerprint density at radius 2 is 2.15 bits per heavy atom. The van der Waals surface area contributed by atoms with Crippen molar-refractivity contribution in [3.8, 4) is 5.75 Å². The quantitative estimate of drug-likeness (QED) is 0.755. The smallest absolute Gasteiger partial charge is 0.349 e. The molecule has 20 heavy (non-hydrogen) atoms. The van der Waals surface area contributed by atoms with Crippen molar-refractivity contribution < 1.29 is 24.2 Å². The lowest BCUT2D eigenvalue weighted by Crippen LogP contribution is -2.42. The van der Waals surface area contributed by atoms with Crippen LogP contribution in [0.25, 0.3) is 0 Å². The molecule has 0 unspecified atom stereocenters. The second kappa shape index (κ2) is 5.91. The Morgan fingerprint density at radius 3 is 2.75 bits per heavy atom. The summed E-state index contributed by atoms with van der Waals surface area (Å²) in [4.78, 5) is 34.5. The first-order valence-corrected chi connectivity index (χ1v) is 6.84. The Labute approximate surface area is 118 Å². The molecule has 0 aromatic carbocycles. The van der Waals surface area contributed by atoms with Crippen LogP contribution in [0.15, 0.2) is 6.07 Å². The van der Waals surface area contributed by atoms with Crippen LogP contribution in [0.2, 0.25) is 0 Å². The van der Waals surface area contributed by atoms with Crippen LogP contribution in [0.3, 0.4) is 0 Å². The summed E-state index contributed by atoms with van der Waals surface area (Å²) in [7, 11) is 0. The Hall–Kier alpha value is -2.09. The summed E-state index contributed by atoms with van der Waals surface area (Å²) in [6, 6.07) is 1.15. The zero-order chi connectivity index (χ0) is 14.7. The summed E-state index contributed by atoms with van der Waals surface area (Å²) >= 11 is 1.07. The summed E-state index contributed by atoms with van der Waals surface area (Å²) in [5, 5.41) is 13.7. The van der Waals surface area contributed by atoms with Crippen LogP contribution in [0, 0.1) is 6.92 Å². The van der Waals surface area contributed by atoms with Crippen LogP contribution >= 0.6 is 11.3 Å². The molecule has 8 heteroatoms. The highest BCUT2D eigenvalue weighted by molar-refractivity contribution is 7.14. The van der Waals surface area contributed by atoms with Gasteiger partial charge >= 0.3 is 12.0 Å². The lowest BCUT2D eigenvalue weighted by Gasteiger charge is -2.07. The Morgan fingerprint density at radius 1 is 1.45 bits per heavy atom. The number of urea groups is 1. The number of aromatic carboxylic acids is 1. The first kappa shape index (κ1) is 14.3. The van der Waals surface area contributed by atoms with Crippen LogP contribution in [-0.4, -0.2) is 35.7 Å². The molecule has 0 atom stereocenters. The molecule has 1 aromatic rings. The highest BCUT2D eigenvalue weighted by atomic mass is 32.1. The standard InChI is InChI=1S/C12H14N2O5S/c1-6-4-8(10(20-6)11(16)17)19-5-9(15)14-12(18)13-7-2-3-7/h4,7H,2-3,5H2,1H3,(H,16,17)(H2,13,14,15,18). The number of hydrogen-bond acceptors (Lipinski definition) is 5. The minimum Gasteiger partial charge on any atom is -0.482 e. The van der Waals surface area contributed by atoms with E-state index in [1.807, 2.05) is 0 Å². The summed E-state index contributed by atoms with van der Waals surface area (Å²) < 4.78 is 5.14. The topological polar surface area (TPSA) is 105 Å². The average molecular weight is 298 g/mol. The fourth-order valence-corrected chi connectivity index (χ4v) is 2.30. The van der Waals surface area contributed by atoms with Gasteiger partial charge < -0.3 is 15.2 Å². The van der Waals surface area contributed by atoms with E-state index in [0.717, 1.165) is 29.1 Å². The van der Waals surface area contributed by atoms with Crippen molar-refractivity contribution in [2.45, 2.75) is 25.8 Å². The van der Waals surface area contributed by atoms with Gasteiger partial charge in [-0.25, -0.2) is 9.59 Å². The fraction of sp³-hybridized carbons (Fsp3) is 0.417. The highest BCUT2D eigenvalue weighted by Crippen LogP contribution is 2.28. The minimum absolute atomic E-state index is 0.0396. The number of carbonyl (C=O) groups excluding carboxylic acids is 2. The van der Waals surface area contributed by atoms with E-state index in [2.05, 4.69) is 10.6 Å². The number of hydrogen-bond donors (Lipinski definition) is 3. The van der Waals surface area contributed by atoms with Gasteiger partial charge in [-0.2, -0.15) is 0 Å². The molecule has 0 saturated heterocycles. The maximum absolute atomic E-state index is 11.5. The summed E-state index contributed by atoms with van der Waals surface area (Å²) in [5.74, 6) is -1.59. The summed E-state index contributed by atoms with van der Waals surface area (Å²) in [5.41, 5.74) is 0. The largest absolute Gasteiger partial charge is 0.482 e. The lowest BCUT2D eigenvalue weighted by molar-refractivity contribution is -0.122. The molecular formula is C12H14N2O5S. The fourth-order valence-electron chi connectivity index (χ4n) is 1.50. The number of carboxylic acid groups (broad SMARTS) is 1. The third-order valence-corrected chi connectivity index (χ3v) is 3.56. The third-order valence-electron chi connectivity index (χ3n) is 2.54. The predicted octanol–water partition coefficient (Wildman–Crippen LogP) is 1.12. The van der Waals surface area contributed by atoms with E-state index < -0.39 is 24.5 Å². The number of imide groups is 1. The van der Waals surface area contributed by atoms with Crippen LogP contribution in [0.4, 0.5) is 4.79 Å². The van der Waals surface area contributed by atoms with Crippen molar-refractivity contribution in [3.63, 3.8) is 0 Å². The molecule has 3 amide bonds. The number of ether oxygens (including phenoxy) is 1. The molecule has 1 heterocycles. The van der Waals surface area contributed by atoms with Gasteiger partial charge in [0.1, 0.15) is 5.75 Å². The molecule has 1 aliphatic rings. The SMILES string of the molecule is Cc1cc(OCC(=O)NC(=O)NC2CC2)c(C(=O)O)s1. The van der Waals surface area contributed by atoms with Gasteiger partial charge in [0.05, 0.1) is 0 Å². The van der Waals surface area contributed by atoms with E-state index in [9.17, 15) is 14.4 Å². The van der Waals surface area contributed by atoms with Gasteiger partial charge in [-0.3, -0.25) is 10.1 Å². The van der Waals surface area contributed by atoms with Gasteiger partial charge in [-0.1, -0.05) is 0 Å². The number of amides is 3. The van der Waals surface area contributed by atoms with Gasteiger partial charge in [-0.15, -0.1) is 11.3 Å². The molecular weight excluding hydrogens is 284 g/mol. The zero-order valence-electron chi connectivity index (χ0n) is 10.8. The van der Waals surface area contributed by atoms with Crippen LogP contribution in [-0.2, 0) is 4.79 Å². The maximum Gasteiger partial charge on any atom is 0.349 e. The molecule has 1 aromatic heterocycles. The van der Waals surface area contributed by atoms with E-state index in [0.29, 0.717) is 0 Å². The van der Waals surface area contributed by atoms with Crippen molar-refractivity contribution in [1.82, 2.24) is 10.6 Å². The minimum atomic E-state index is -1.11. The number of carboxylic acids is 1. The van der Waals surface area contributed by atoms with Gasteiger partial charge in [0.2, 0.25) is 0 Å². The maximum atomic E-state index is 11.5. The average Bonchev–Trinajstić information content (AvgIpc) is 3.07. The first-order valence-electron chi connectivity index (χ1n) is 6.02. The molecule has 0 bridgehead atoms. The molecule has 1 fully saturated rings. The molecule has 0 spiro atoms.